The van der Waals surface area contributed by atoms with Crippen LogP contribution in [-0.2, 0) is 20.7 Å². The van der Waals surface area contributed by atoms with Gasteiger partial charge in [-0.3, -0.25) is 9.59 Å². The molecule has 0 radical (unpaired) electrons. The Morgan fingerprint density at radius 1 is 1.22 bits per heavy atom. The van der Waals surface area contributed by atoms with Crippen molar-refractivity contribution in [3.63, 3.8) is 0 Å². The number of carbonyl (C=O) groups excluding carboxylic acids is 2. The average Bonchev–Trinajstić information content (AvgIpc) is 2.70. The lowest BCUT2D eigenvalue weighted by atomic mass is 9.95. The van der Waals surface area contributed by atoms with E-state index < -0.39 is 17.2 Å². The fourth-order valence-corrected chi connectivity index (χ4v) is 3.52. The van der Waals surface area contributed by atoms with Crippen molar-refractivity contribution in [2.24, 2.45) is 5.92 Å². The van der Waals surface area contributed by atoms with Crippen LogP contribution in [0.1, 0.15) is 51.0 Å². The Bertz CT molecular complexity index is 562. The molecule has 2 atom stereocenters. The van der Waals surface area contributed by atoms with Gasteiger partial charge in [0.15, 0.2) is 0 Å². The van der Waals surface area contributed by atoms with Crippen LogP contribution in [0.15, 0.2) is 24.3 Å². The van der Waals surface area contributed by atoms with Crippen LogP contribution in [0, 0.1) is 5.92 Å². The Morgan fingerprint density at radius 3 is 2.39 bits per heavy atom. The van der Waals surface area contributed by atoms with Crippen LogP contribution in [0.3, 0.4) is 0 Å². The molecule has 23 heavy (non-hydrogen) atoms. The van der Waals surface area contributed by atoms with Gasteiger partial charge in [-0.1, -0.05) is 40.3 Å². The highest BCUT2D eigenvalue weighted by atomic mass is 31.0. The first kappa shape index (κ1) is 17.9. The quantitative estimate of drug-likeness (QED) is 0.386. The molecule has 0 amide bonds. The van der Waals surface area contributed by atoms with E-state index in [1.807, 2.05) is 0 Å². The van der Waals surface area contributed by atoms with Crippen LogP contribution in [0.4, 0.5) is 0 Å². The van der Waals surface area contributed by atoms with Crippen LogP contribution < -0.4 is 0 Å². The number of ketones is 1. The lowest BCUT2D eigenvalue weighted by Gasteiger charge is -2.29. The topological polar surface area (TPSA) is 63.6 Å². The Labute approximate surface area is 139 Å². The predicted octanol–water partition coefficient (Wildman–Crippen LogP) is 3.61. The fourth-order valence-electron chi connectivity index (χ4n) is 3.00. The molecule has 0 spiro atoms. The summed E-state index contributed by atoms with van der Waals surface area (Å²) in [5, 5.41) is 9.31. The molecular formula is C18H25O4P. The number of esters is 1. The smallest absolute Gasteiger partial charge is 0.317 e. The van der Waals surface area contributed by atoms with Crippen molar-refractivity contribution >= 4 is 21.0 Å². The van der Waals surface area contributed by atoms with Crippen molar-refractivity contribution in [3.8, 4) is 5.75 Å². The molecule has 1 saturated carbocycles. The van der Waals surface area contributed by atoms with Gasteiger partial charge >= 0.3 is 5.97 Å². The molecule has 1 fully saturated rings. The minimum absolute atomic E-state index is 0.0987. The number of para-hydroxylation sites is 1. The molecule has 5 heteroatoms. The van der Waals surface area contributed by atoms with Crippen molar-refractivity contribution in [3.05, 3.63) is 29.8 Å². The summed E-state index contributed by atoms with van der Waals surface area (Å²) in [4.78, 5) is 24.5. The van der Waals surface area contributed by atoms with Crippen molar-refractivity contribution < 1.29 is 19.4 Å². The minimum atomic E-state index is -0.871. The number of phenols is 1. The standard InChI is InChI=1S/C18H25O4P/c1-13(19)15(12-14-8-4-5-9-16(14)20)17(21)22-18(23)10-6-2-3-7-11-18/h4-5,8-9,15,20H,2-3,6-7,10-12,23H2,1H3. The molecule has 1 N–H and O–H groups in total. The number of Topliss-reactive ketones (excluding diaryl/α,β-unsaturated/α-hetero) is 1. The summed E-state index contributed by atoms with van der Waals surface area (Å²) in [6.45, 7) is 1.40. The summed E-state index contributed by atoms with van der Waals surface area (Å²) in [5.41, 5.74) is 0.586. The molecule has 4 nitrogen and oxygen atoms in total. The van der Waals surface area contributed by atoms with E-state index in [0.29, 0.717) is 5.56 Å². The van der Waals surface area contributed by atoms with E-state index in [4.69, 9.17) is 4.74 Å². The number of rotatable bonds is 5. The van der Waals surface area contributed by atoms with E-state index in [1.165, 1.54) is 6.92 Å². The molecule has 126 valence electrons. The van der Waals surface area contributed by atoms with E-state index in [0.717, 1.165) is 38.5 Å². The molecule has 2 rings (SSSR count). The SMILES string of the molecule is CC(=O)C(Cc1ccccc1O)C(=O)OC1(P)CCCCCC1. The van der Waals surface area contributed by atoms with Crippen LogP contribution >= 0.6 is 9.24 Å². The molecular weight excluding hydrogens is 311 g/mol. The molecule has 0 heterocycles. The van der Waals surface area contributed by atoms with Crippen molar-refractivity contribution in [2.75, 3.05) is 0 Å². The lowest BCUT2D eigenvalue weighted by molar-refractivity contribution is -0.159. The molecule has 0 bridgehead atoms. The number of hydrogen-bond donors (Lipinski definition) is 1. The van der Waals surface area contributed by atoms with Gasteiger partial charge in [0.2, 0.25) is 0 Å². The van der Waals surface area contributed by atoms with Crippen molar-refractivity contribution in [1.29, 1.82) is 0 Å². The Hall–Kier alpha value is -1.41. The van der Waals surface area contributed by atoms with E-state index in [1.54, 1.807) is 24.3 Å². The van der Waals surface area contributed by atoms with Crippen LogP contribution in [0.25, 0.3) is 0 Å². The van der Waals surface area contributed by atoms with Gasteiger partial charge in [0, 0.05) is 0 Å². The summed E-state index contributed by atoms with van der Waals surface area (Å²) >= 11 is 0. The van der Waals surface area contributed by atoms with Crippen LogP contribution in [0.2, 0.25) is 0 Å². The summed E-state index contributed by atoms with van der Waals surface area (Å²) in [6, 6.07) is 6.77. The molecule has 0 aliphatic heterocycles. The third-order valence-corrected chi connectivity index (χ3v) is 5.14. The molecule has 1 aliphatic rings. The highest BCUT2D eigenvalue weighted by Gasteiger charge is 2.34. The van der Waals surface area contributed by atoms with Gasteiger partial charge in [0.25, 0.3) is 0 Å². The number of hydrogen-bond acceptors (Lipinski definition) is 4. The summed E-state index contributed by atoms with van der Waals surface area (Å²) < 4.78 is 5.72. The second-order valence-corrected chi connectivity index (χ2v) is 7.45. The third-order valence-electron chi connectivity index (χ3n) is 4.44. The van der Waals surface area contributed by atoms with E-state index in [9.17, 15) is 14.7 Å². The Balaban J connectivity index is 2.09. The second-order valence-electron chi connectivity index (χ2n) is 6.40. The zero-order valence-electron chi connectivity index (χ0n) is 13.6. The number of carbonyl (C=O) groups is 2. The third kappa shape index (κ3) is 5.04. The molecule has 0 saturated heterocycles. The molecule has 2 unspecified atom stereocenters. The van der Waals surface area contributed by atoms with Gasteiger partial charge in [0.1, 0.15) is 22.8 Å². The van der Waals surface area contributed by atoms with Crippen LogP contribution in [0.5, 0.6) is 5.75 Å². The highest BCUT2D eigenvalue weighted by Crippen LogP contribution is 2.37. The Morgan fingerprint density at radius 2 is 1.83 bits per heavy atom. The van der Waals surface area contributed by atoms with Gasteiger partial charge in [-0.05, 0) is 50.7 Å². The molecule has 0 aromatic heterocycles. The first-order valence-corrected chi connectivity index (χ1v) is 8.78. The summed E-state index contributed by atoms with van der Waals surface area (Å²) in [5.74, 6) is -1.50. The number of ether oxygens (including phenoxy) is 1. The maximum absolute atomic E-state index is 12.5. The molecule has 1 aliphatic carbocycles. The zero-order chi connectivity index (χ0) is 16.9. The number of phenolic OH excluding ortho intramolecular Hbond substituents is 1. The molecule has 1 aromatic rings. The van der Waals surface area contributed by atoms with Crippen LogP contribution in [-0.4, -0.2) is 22.2 Å². The maximum atomic E-state index is 12.5. The zero-order valence-corrected chi connectivity index (χ0v) is 14.7. The first-order valence-electron chi connectivity index (χ1n) is 8.20. The predicted molar refractivity (Wildman–Crippen MR) is 92.2 cm³/mol. The van der Waals surface area contributed by atoms with Gasteiger partial charge in [-0.15, -0.1) is 0 Å². The minimum Gasteiger partial charge on any atom is -0.508 e. The van der Waals surface area contributed by atoms with Gasteiger partial charge in [0.05, 0.1) is 0 Å². The summed E-state index contributed by atoms with van der Waals surface area (Å²) in [7, 11) is 2.67. The highest BCUT2D eigenvalue weighted by molar-refractivity contribution is 7.18. The monoisotopic (exact) mass is 336 g/mol. The lowest BCUT2D eigenvalue weighted by Crippen LogP contribution is -2.34. The van der Waals surface area contributed by atoms with E-state index in [2.05, 4.69) is 9.24 Å². The van der Waals surface area contributed by atoms with E-state index >= 15 is 0 Å². The maximum Gasteiger partial charge on any atom is 0.317 e. The van der Waals surface area contributed by atoms with Gasteiger partial charge < -0.3 is 9.84 Å². The van der Waals surface area contributed by atoms with E-state index in [-0.39, 0.29) is 18.0 Å². The largest absolute Gasteiger partial charge is 0.508 e. The normalized spacial score (nSPS) is 18.7. The first-order chi connectivity index (χ1) is 10.9. The fraction of sp³-hybridized carbons (Fsp3) is 0.556. The number of benzene rings is 1. The van der Waals surface area contributed by atoms with Gasteiger partial charge in [-0.25, -0.2) is 0 Å². The van der Waals surface area contributed by atoms with Crippen molar-refractivity contribution in [2.45, 2.75) is 57.2 Å². The molecule has 1 aromatic carbocycles. The average molecular weight is 336 g/mol. The number of aromatic hydroxyl groups is 1. The Kier molecular flexibility index (Phi) is 6.17. The second kappa shape index (κ2) is 7.92. The van der Waals surface area contributed by atoms with Gasteiger partial charge in [-0.2, -0.15) is 0 Å². The summed E-state index contributed by atoms with van der Waals surface area (Å²) in [6.07, 6.45) is 6.16. The van der Waals surface area contributed by atoms with Crippen molar-refractivity contribution in [1.82, 2.24) is 0 Å².